The third-order valence-corrected chi connectivity index (χ3v) is 6.58. The summed E-state index contributed by atoms with van der Waals surface area (Å²) >= 11 is 0. The molecule has 0 saturated carbocycles. The first-order chi connectivity index (χ1) is 20.2. The number of guanidine groups is 1. The Labute approximate surface area is 245 Å². The third kappa shape index (κ3) is 8.23. The number of aliphatic imine (C=N–C) groups is 1. The number of nitrogens with one attached hydrogen (secondary N) is 1. The van der Waals surface area contributed by atoms with Crippen LogP contribution in [0.1, 0.15) is 62.2 Å². The fourth-order valence-electron chi connectivity index (χ4n) is 4.66. The number of aromatic nitrogens is 2. The SMILES string of the molecule is COc1ccc(CCc2ccc(-c3noc([C@@H]4CCCN4C(=NC(=O)OC(C)(C)C)NC(=O)O)n3)cc2C(F)(F)F)cc1. The Bertz CT molecular complexity index is 1480. The Morgan fingerprint density at radius 3 is 2.49 bits per heavy atom. The smallest absolute Gasteiger partial charge is 0.437 e. The molecule has 14 heteroatoms. The minimum absolute atomic E-state index is 0.0359. The van der Waals surface area contributed by atoms with Crippen molar-refractivity contribution in [3.63, 3.8) is 0 Å². The van der Waals surface area contributed by atoms with Gasteiger partial charge in [-0.3, -0.25) is 5.32 Å². The molecule has 2 amide bonds. The predicted octanol–water partition coefficient (Wildman–Crippen LogP) is 6.24. The summed E-state index contributed by atoms with van der Waals surface area (Å²) in [5.41, 5.74) is -0.563. The zero-order valence-electron chi connectivity index (χ0n) is 24.1. The molecule has 3 aromatic rings. The van der Waals surface area contributed by atoms with E-state index in [1.807, 2.05) is 12.1 Å². The molecular formula is C29H32F3N5O6. The molecule has 2 N–H and O–H groups in total. The fraction of sp³-hybridized carbons (Fsp3) is 0.414. The highest BCUT2D eigenvalue weighted by atomic mass is 19.4. The van der Waals surface area contributed by atoms with Crippen molar-refractivity contribution in [2.24, 2.45) is 4.99 Å². The molecule has 1 fully saturated rings. The molecule has 0 bridgehead atoms. The first-order valence-corrected chi connectivity index (χ1v) is 13.5. The molecular weight excluding hydrogens is 571 g/mol. The molecule has 11 nitrogen and oxygen atoms in total. The molecule has 43 heavy (non-hydrogen) atoms. The Morgan fingerprint density at radius 2 is 1.86 bits per heavy atom. The molecule has 0 aliphatic carbocycles. The summed E-state index contributed by atoms with van der Waals surface area (Å²) in [4.78, 5) is 33.3. The molecule has 0 spiro atoms. The van der Waals surface area contributed by atoms with E-state index in [0.717, 1.165) is 11.6 Å². The Morgan fingerprint density at radius 1 is 1.14 bits per heavy atom. The highest BCUT2D eigenvalue weighted by Crippen LogP contribution is 2.36. The van der Waals surface area contributed by atoms with Crippen molar-refractivity contribution in [2.75, 3.05) is 13.7 Å². The lowest BCUT2D eigenvalue weighted by Crippen LogP contribution is -2.44. The van der Waals surface area contributed by atoms with E-state index in [0.29, 0.717) is 31.6 Å². The molecule has 1 aliphatic rings. The van der Waals surface area contributed by atoms with Crippen LogP contribution in [-0.4, -0.2) is 57.5 Å². The number of hydrogen-bond donors (Lipinski definition) is 2. The molecule has 0 unspecified atom stereocenters. The van der Waals surface area contributed by atoms with Gasteiger partial charge in [-0.15, -0.1) is 4.99 Å². The van der Waals surface area contributed by atoms with Crippen LogP contribution >= 0.6 is 0 Å². The Balaban J connectivity index is 1.57. The van der Waals surface area contributed by atoms with Crippen LogP contribution in [0.25, 0.3) is 11.4 Å². The average Bonchev–Trinajstić information content (AvgIpc) is 3.60. The number of halogens is 3. The maximum absolute atomic E-state index is 14.1. The van der Waals surface area contributed by atoms with Crippen molar-refractivity contribution in [3.05, 3.63) is 65.0 Å². The number of rotatable bonds is 6. The number of amides is 2. The number of nitrogens with zero attached hydrogens (tertiary/aromatic N) is 4. The molecule has 1 aliphatic heterocycles. The van der Waals surface area contributed by atoms with Gasteiger partial charge >= 0.3 is 18.4 Å². The minimum atomic E-state index is -4.62. The van der Waals surface area contributed by atoms with Crippen LogP contribution in [0.2, 0.25) is 0 Å². The molecule has 1 saturated heterocycles. The van der Waals surface area contributed by atoms with Gasteiger partial charge in [-0.25, -0.2) is 9.59 Å². The molecule has 1 atom stereocenters. The van der Waals surface area contributed by atoms with Crippen molar-refractivity contribution in [1.82, 2.24) is 20.4 Å². The molecule has 230 valence electrons. The van der Waals surface area contributed by atoms with Gasteiger partial charge in [-0.05, 0) is 75.8 Å². The maximum Gasteiger partial charge on any atom is 0.437 e. The number of benzene rings is 2. The summed E-state index contributed by atoms with van der Waals surface area (Å²) in [7, 11) is 1.54. The fourth-order valence-corrected chi connectivity index (χ4v) is 4.66. The van der Waals surface area contributed by atoms with Gasteiger partial charge in [0, 0.05) is 12.1 Å². The molecule has 4 rings (SSSR count). The van der Waals surface area contributed by atoms with Crippen molar-refractivity contribution in [2.45, 2.75) is 64.3 Å². The van der Waals surface area contributed by atoms with E-state index in [1.54, 1.807) is 32.9 Å². The lowest BCUT2D eigenvalue weighted by Gasteiger charge is -2.25. The summed E-state index contributed by atoms with van der Waals surface area (Å²) in [6.45, 7) is 5.22. The standard InChI is InChI=1S/C29H32F3N5O6/c1-28(2,3)42-27(40)35-25(34-26(38)39)37-15-5-6-22(37)24-33-23(36-43-24)19-12-11-18(21(16-19)29(30,31)32)10-7-17-8-13-20(41-4)14-9-17/h8-9,11-14,16,22H,5-7,10,15H2,1-4H3,(H,38,39)(H,34,35,40)/t22-/m0/s1. The van der Waals surface area contributed by atoms with Gasteiger partial charge in [-0.2, -0.15) is 18.2 Å². The average molecular weight is 604 g/mol. The van der Waals surface area contributed by atoms with E-state index in [4.69, 9.17) is 14.0 Å². The van der Waals surface area contributed by atoms with Crippen LogP contribution in [0.15, 0.2) is 52.0 Å². The van der Waals surface area contributed by atoms with Crippen LogP contribution < -0.4 is 10.1 Å². The Kier molecular flexibility index (Phi) is 9.26. The van der Waals surface area contributed by atoms with Gasteiger partial charge in [-0.1, -0.05) is 29.4 Å². The topological polar surface area (TPSA) is 139 Å². The van der Waals surface area contributed by atoms with Gasteiger partial charge < -0.3 is 24.0 Å². The second-order valence-corrected chi connectivity index (χ2v) is 10.9. The number of carboxylic acid groups (broad SMARTS) is 1. The van der Waals surface area contributed by atoms with Crippen LogP contribution in [-0.2, 0) is 23.8 Å². The number of hydrogen-bond acceptors (Lipinski definition) is 7. The van der Waals surface area contributed by atoms with E-state index in [2.05, 4.69) is 20.4 Å². The molecule has 1 aromatic heterocycles. The number of ether oxygens (including phenoxy) is 2. The molecule has 2 aromatic carbocycles. The minimum Gasteiger partial charge on any atom is -0.497 e. The highest BCUT2D eigenvalue weighted by Gasteiger charge is 2.36. The number of likely N-dealkylation sites (tertiary alicyclic amines) is 1. The number of methoxy groups -OCH3 is 1. The number of aryl methyl sites for hydroxylation is 2. The normalized spacial score (nSPS) is 15.8. The quantitative estimate of drug-likeness (QED) is 0.247. The number of alkyl halides is 3. The monoisotopic (exact) mass is 603 g/mol. The van der Waals surface area contributed by atoms with Gasteiger partial charge in [0.05, 0.1) is 12.7 Å². The lowest BCUT2D eigenvalue weighted by atomic mass is 9.97. The van der Waals surface area contributed by atoms with Crippen LogP contribution in [0.5, 0.6) is 5.75 Å². The summed E-state index contributed by atoms with van der Waals surface area (Å²) in [5.74, 6) is 0.346. The van der Waals surface area contributed by atoms with E-state index >= 15 is 0 Å². The maximum atomic E-state index is 14.1. The van der Waals surface area contributed by atoms with Gasteiger partial charge in [0.2, 0.25) is 17.7 Å². The number of carbonyl (C=O) groups is 2. The van der Waals surface area contributed by atoms with E-state index in [1.165, 1.54) is 24.1 Å². The van der Waals surface area contributed by atoms with Crippen molar-refractivity contribution in [3.8, 4) is 17.1 Å². The van der Waals surface area contributed by atoms with E-state index in [9.17, 15) is 27.9 Å². The number of carbonyl (C=O) groups excluding carboxylic acids is 1. The summed E-state index contributed by atoms with van der Waals surface area (Å²) in [5, 5.41) is 15.3. The van der Waals surface area contributed by atoms with Crippen LogP contribution in [0, 0.1) is 0 Å². The summed E-state index contributed by atoms with van der Waals surface area (Å²) in [6, 6.07) is 10.3. The highest BCUT2D eigenvalue weighted by molar-refractivity contribution is 5.98. The second kappa shape index (κ2) is 12.7. The van der Waals surface area contributed by atoms with Gasteiger partial charge in [0.25, 0.3) is 0 Å². The summed E-state index contributed by atoms with van der Waals surface area (Å²) < 4.78 is 58.0. The second-order valence-electron chi connectivity index (χ2n) is 10.9. The van der Waals surface area contributed by atoms with E-state index < -0.39 is 35.6 Å². The van der Waals surface area contributed by atoms with Gasteiger partial charge in [0.15, 0.2) is 0 Å². The van der Waals surface area contributed by atoms with E-state index in [-0.39, 0.29) is 35.2 Å². The zero-order valence-corrected chi connectivity index (χ0v) is 24.1. The first-order valence-electron chi connectivity index (χ1n) is 13.5. The Hall–Kier alpha value is -4.62. The van der Waals surface area contributed by atoms with Crippen molar-refractivity contribution >= 4 is 18.1 Å². The third-order valence-electron chi connectivity index (χ3n) is 6.58. The zero-order chi connectivity index (χ0) is 31.4. The van der Waals surface area contributed by atoms with Crippen LogP contribution in [0.4, 0.5) is 22.8 Å². The largest absolute Gasteiger partial charge is 0.497 e. The van der Waals surface area contributed by atoms with Gasteiger partial charge in [0.1, 0.15) is 17.4 Å². The van der Waals surface area contributed by atoms with Crippen molar-refractivity contribution in [1.29, 1.82) is 0 Å². The summed E-state index contributed by atoms with van der Waals surface area (Å²) in [6.07, 6.45) is -5.51. The van der Waals surface area contributed by atoms with Crippen LogP contribution in [0.3, 0.4) is 0 Å². The predicted molar refractivity (Wildman–Crippen MR) is 149 cm³/mol. The molecule has 0 radical (unpaired) electrons. The van der Waals surface area contributed by atoms with Crippen molar-refractivity contribution < 1.29 is 41.9 Å². The molecule has 2 heterocycles. The lowest BCUT2D eigenvalue weighted by molar-refractivity contribution is -0.138. The first kappa shape index (κ1) is 31.3.